The van der Waals surface area contributed by atoms with Crippen molar-refractivity contribution >= 4 is 0 Å². The zero-order valence-corrected chi connectivity index (χ0v) is 12.4. The Bertz CT molecular complexity index is 588. The number of hydrogen-bond donors (Lipinski definition) is 1. The summed E-state index contributed by atoms with van der Waals surface area (Å²) in [4.78, 5) is 3.82. The SMILES string of the molecule is CNC(c1ccncc1F)c1ccccc1C(C)(C)C. The third kappa shape index (κ3) is 2.88. The van der Waals surface area contributed by atoms with Gasteiger partial charge in [-0.25, -0.2) is 4.39 Å². The number of hydrogen-bond acceptors (Lipinski definition) is 2. The maximum absolute atomic E-state index is 14.0. The van der Waals surface area contributed by atoms with Gasteiger partial charge in [0.2, 0.25) is 0 Å². The molecule has 2 aromatic rings. The Morgan fingerprint density at radius 3 is 2.40 bits per heavy atom. The molecule has 20 heavy (non-hydrogen) atoms. The van der Waals surface area contributed by atoms with Crippen LogP contribution in [0.15, 0.2) is 42.7 Å². The van der Waals surface area contributed by atoms with E-state index in [4.69, 9.17) is 0 Å². The molecule has 1 heterocycles. The molecular weight excluding hydrogens is 251 g/mol. The molecule has 2 rings (SSSR count). The first-order chi connectivity index (χ1) is 9.45. The molecule has 2 nitrogen and oxygen atoms in total. The molecule has 106 valence electrons. The third-order valence-electron chi connectivity index (χ3n) is 3.48. The fourth-order valence-electron chi connectivity index (χ4n) is 2.53. The molecule has 0 aliphatic rings. The van der Waals surface area contributed by atoms with Crippen molar-refractivity contribution in [2.24, 2.45) is 0 Å². The van der Waals surface area contributed by atoms with Gasteiger partial charge in [-0.1, -0.05) is 45.0 Å². The van der Waals surface area contributed by atoms with E-state index in [0.29, 0.717) is 5.56 Å². The summed E-state index contributed by atoms with van der Waals surface area (Å²) in [5.74, 6) is -0.282. The summed E-state index contributed by atoms with van der Waals surface area (Å²) in [7, 11) is 1.85. The summed E-state index contributed by atoms with van der Waals surface area (Å²) in [6.45, 7) is 6.50. The number of rotatable bonds is 3. The number of benzene rings is 1. The number of nitrogens with zero attached hydrogens (tertiary/aromatic N) is 1. The number of nitrogens with one attached hydrogen (secondary N) is 1. The van der Waals surface area contributed by atoms with Crippen LogP contribution in [0.1, 0.15) is 43.5 Å². The van der Waals surface area contributed by atoms with Gasteiger partial charge in [0.25, 0.3) is 0 Å². The summed E-state index contributed by atoms with van der Waals surface area (Å²) in [6.07, 6.45) is 2.89. The van der Waals surface area contributed by atoms with Crippen molar-refractivity contribution in [2.45, 2.75) is 32.2 Å². The van der Waals surface area contributed by atoms with Crippen LogP contribution < -0.4 is 5.32 Å². The molecule has 1 aromatic carbocycles. The Balaban J connectivity index is 2.57. The highest BCUT2D eigenvalue weighted by atomic mass is 19.1. The number of halogens is 1. The quantitative estimate of drug-likeness (QED) is 0.918. The monoisotopic (exact) mass is 272 g/mol. The average Bonchev–Trinajstić information content (AvgIpc) is 2.41. The smallest absolute Gasteiger partial charge is 0.146 e. The van der Waals surface area contributed by atoms with Crippen LogP contribution >= 0.6 is 0 Å². The molecule has 0 saturated carbocycles. The van der Waals surface area contributed by atoms with Gasteiger partial charge in [-0.05, 0) is 29.7 Å². The lowest BCUT2D eigenvalue weighted by Crippen LogP contribution is -2.24. The Morgan fingerprint density at radius 2 is 1.80 bits per heavy atom. The highest BCUT2D eigenvalue weighted by molar-refractivity contribution is 5.40. The van der Waals surface area contributed by atoms with E-state index in [1.54, 1.807) is 12.3 Å². The molecule has 0 bridgehead atoms. The first-order valence-corrected chi connectivity index (χ1v) is 6.81. The molecule has 1 aromatic heterocycles. The molecule has 1 N–H and O–H groups in total. The van der Waals surface area contributed by atoms with Gasteiger partial charge in [0.15, 0.2) is 0 Å². The molecule has 0 saturated heterocycles. The van der Waals surface area contributed by atoms with Crippen molar-refractivity contribution < 1.29 is 4.39 Å². The van der Waals surface area contributed by atoms with Gasteiger partial charge in [0, 0.05) is 11.8 Å². The molecule has 0 aliphatic heterocycles. The highest BCUT2D eigenvalue weighted by Crippen LogP contribution is 2.33. The first-order valence-electron chi connectivity index (χ1n) is 6.81. The van der Waals surface area contributed by atoms with E-state index in [0.717, 1.165) is 5.56 Å². The zero-order valence-electron chi connectivity index (χ0n) is 12.4. The van der Waals surface area contributed by atoms with Crippen molar-refractivity contribution in [1.82, 2.24) is 10.3 Å². The molecule has 0 amide bonds. The molecule has 0 fully saturated rings. The second kappa shape index (κ2) is 5.71. The van der Waals surface area contributed by atoms with Gasteiger partial charge >= 0.3 is 0 Å². The van der Waals surface area contributed by atoms with E-state index in [-0.39, 0.29) is 17.3 Å². The fourth-order valence-corrected chi connectivity index (χ4v) is 2.53. The van der Waals surface area contributed by atoms with Crippen LogP contribution in [-0.2, 0) is 5.41 Å². The van der Waals surface area contributed by atoms with Crippen molar-refractivity contribution in [3.8, 4) is 0 Å². The van der Waals surface area contributed by atoms with E-state index in [1.165, 1.54) is 11.8 Å². The number of pyridine rings is 1. The van der Waals surface area contributed by atoms with Gasteiger partial charge in [-0.2, -0.15) is 0 Å². The lowest BCUT2D eigenvalue weighted by molar-refractivity contribution is 0.545. The second-order valence-electron chi connectivity index (χ2n) is 5.96. The van der Waals surface area contributed by atoms with Crippen molar-refractivity contribution in [1.29, 1.82) is 0 Å². The van der Waals surface area contributed by atoms with Crippen LogP contribution in [0.25, 0.3) is 0 Å². The van der Waals surface area contributed by atoms with Gasteiger partial charge in [0.05, 0.1) is 12.2 Å². The van der Waals surface area contributed by atoms with Crippen LogP contribution in [0.2, 0.25) is 0 Å². The normalized spacial score (nSPS) is 13.2. The van der Waals surface area contributed by atoms with Crippen molar-refractivity contribution in [3.05, 3.63) is 65.2 Å². The standard InChI is InChI=1S/C17H21FN2/c1-17(2,3)14-8-6-5-7-12(14)16(19-4)13-9-10-20-11-15(13)18/h5-11,16,19H,1-4H3. The minimum atomic E-state index is -0.282. The second-order valence-corrected chi connectivity index (χ2v) is 5.96. The fraction of sp³-hybridized carbons (Fsp3) is 0.353. The largest absolute Gasteiger partial charge is 0.309 e. The topological polar surface area (TPSA) is 24.9 Å². The molecule has 0 spiro atoms. The Kier molecular flexibility index (Phi) is 4.19. The third-order valence-corrected chi connectivity index (χ3v) is 3.48. The minimum absolute atomic E-state index is 0.00913. The van der Waals surface area contributed by atoms with Gasteiger partial charge in [-0.15, -0.1) is 0 Å². The van der Waals surface area contributed by atoms with Gasteiger partial charge < -0.3 is 5.32 Å². The Labute approximate surface area is 120 Å². The maximum atomic E-state index is 14.0. The van der Waals surface area contributed by atoms with Crippen molar-refractivity contribution in [3.63, 3.8) is 0 Å². The summed E-state index contributed by atoms with van der Waals surface area (Å²) < 4.78 is 14.0. The summed E-state index contributed by atoms with van der Waals surface area (Å²) in [5.41, 5.74) is 2.96. The van der Waals surface area contributed by atoms with Crippen LogP contribution in [0.4, 0.5) is 4.39 Å². The zero-order chi connectivity index (χ0) is 14.8. The van der Waals surface area contributed by atoms with Crippen LogP contribution in [0, 0.1) is 5.82 Å². The summed E-state index contributed by atoms with van der Waals surface area (Å²) >= 11 is 0. The minimum Gasteiger partial charge on any atom is -0.309 e. The first kappa shape index (κ1) is 14.7. The van der Waals surface area contributed by atoms with E-state index in [9.17, 15) is 4.39 Å². The van der Waals surface area contributed by atoms with E-state index < -0.39 is 0 Å². The predicted molar refractivity (Wildman–Crippen MR) is 80.2 cm³/mol. The van der Waals surface area contributed by atoms with Gasteiger partial charge in [0.1, 0.15) is 5.82 Å². The van der Waals surface area contributed by atoms with E-state index in [1.807, 2.05) is 19.2 Å². The van der Waals surface area contributed by atoms with Crippen molar-refractivity contribution in [2.75, 3.05) is 7.05 Å². The lowest BCUT2D eigenvalue weighted by Gasteiger charge is -2.27. The van der Waals surface area contributed by atoms with Crippen LogP contribution in [0.3, 0.4) is 0 Å². The molecule has 0 aliphatic carbocycles. The molecule has 1 unspecified atom stereocenters. The molecular formula is C17H21FN2. The average molecular weight is 272 g/mol. The van der Waals surface area contributed by atoms with Gasteiger partial charge in [-0.3, -0.25) is 4.98 Å². The predicted octanol–water partition coefficient (Wildman–Crippen LogP) is 3.83. The lowest BCUT2D eigenvalue weighted by atomic mass is 9.80. The molecule has 0 radical (unpaired) electrons. The van der Waals surface area contributed by atoms with E-state index in [2.05, 4.69) is 43.2 Å². The number of aromatic nitrogens is 1. The Hall–Kier alpha value is -1.74. The Morgan fingerprint density at radius 1 is 1.10 bits per heavy atom. The summed E-state index contributed by atoms with van der Waals surface area (Å²) in [5, 5.41) is 3.22. The van der Waals surface area contributed by atoms with E-state index >= 15 is 0 Å². The summed E-state index contributed by atoms with van der Waals surface area (Å²) in [6, 6.07) is 9.75. The van der Waals surface area contributed by atoms with Crippen LogP contribution in [0.5, 0.6) is 0 Å². The molecule has 1 atom stereocenters. The van der Waals surface area contributed by atoms with Crippen LogP contribution in [-0.4, -0.2) is 12.0 Å². The maximum Gasteiger partial charge on any atom is 0.146 e. The highest BCUT2D eigenvalue weighted by Gasteiger charge is 2.24. The molecule has 3 heteroatoms.